The molecule has 0 saturated heterocycles. The zero-order valence-electron chi connectivity index (χ0n) is 16.4. The van der Waals surface area contributed by atoms with Crippen molar-refractivity contribution in [3.05, 3.63) is 42.5 Å². The van der Waals surface area contributed by atoms with Gasteiger partial charge in [-0.2, -0.15) is 0 Å². The number of nitrogens with zero attached hydrogens (tertiary/aromatic N) is 1. The number of amides is 2. The monoisotopic (exact) mass is 384 g/mol. The molecular formula is C21H24N2O5. The Morgan fingerprint density at radius 2 is 1.89 bits per heavy atom. The molecule has 148 valence electrons. The SMILES string of the molecule is COc1ccc(NC(=O)CCN2C(=O)C(C)(C)Oc3ccccc32)c(OC)c1. The minimum absolute atomic E-state index is 0.130. The van der Waals surface area contributed by atoms with Gasteiger partial charge < -0.3 is 24.4 Å². The number of carbonyl (C=O) groups excluding carboxylic acids is 2. The maximum atomic E-state index is 12.8. The predicted octanol–water partition coefficient (Wildman–Crippen LogP) is 3.24. The molecular weight excluding hydrogens is 360 g/mol. The second-order valence-corrected chi connectivity index (χ2v) is 6.90. The van der Waals surface area contributed by atoms with Gasteiger partial charge in [-0.05, 0) is 38.1 Å². The van der Waals surface area contributed by atoms with Gasteiger partial charge in [-0.15, -0.1) is 0 Å². The molecule has 1 heterocycles. The zero-order chi connectivity index (χ0) is 20.3. The first-order valence-corrected chi connectivity index (χ1v) is 8.97. The Morgan fingerprint density at radius 3 is 2.61 bits per heavy atom. The lowest BCUT2D eigenvalue weighted by atomic mass is 10.0. The van der Waals surface area contributed by atoms with Crippen LogP contribution in [0.1, 0.15) is 20.3 Å². The standard InChI is InChI=1S/C21H24N2O5/c1-21(2)20(25)23(16-7-5-6-8-17(16)28-21)12-11-19(24)22-15-10-9-14(26-3)13-18(15)27-4/h5-10,13H,11-12H2,1-4H3,(H,22,24). The van der Waals surface area contributed by atoms with Crippen LogP contribution in [0.4, 0.5) is 11.4 Å². The summed E-state index contributed by atoms with van der Waals surface area (Å²) < 4.78 is 16.3. The number of hydrogen-bond donors (Lipinski definition) is 1. The highest BCUT2D eigenvalue weighted by Gasteiger charge is 2.40. The molecule has 3 rings (SSSR count). The summed E-state index contributed by atoms with van der Waals surface area (Å²) >= 11 is 0. The van der Waals surface area contributed by atoms with Gasteiger partial charge in [0.1, 0.15) is 17.2 Å². The third kappa shape index (κ3) is 3.88. The summed E-state index contributed by atoms with van der Waals surface area (Å²) in [6.45, 7) is 3.69. The van der Waals surface area contributed by atoms with Gasteiger partial charge in [0.25, 0.3) is 5.91 Å². The van der Waals surface area contributed by atoms with E-state index in [1.165, 1.54) is 7.11 Å². The minimum Gasteiger partial charge on any atom is -0.497 e. The van der Waals surface area contributed by atoms with Gasteiger partial charge >= 0.3 is 0 Å². The van der Waals surface area contributed by atoms with E-state index in [0.717, 1.165) is 0 Å². The van der Waals surface area contributed by atoms with Crippen LogP contribution in [-0.2, 0) is 9.59 Å². The van der Waals surface area contributed by atoms with E-state index in [9.17, 15) is 9.59 Å². The van der Waals surface area contributed by atoms with Crippen molar-refractivity contribution >= 4 is 23.2 Å². The highest BCUT2D eigenvalue weighted by Crippen LogP contribution is 2.37. The fraction of sp³-hybridized carbons (Fsp3) is 0.333. The number of para-hydroxylation sites is 2. The number of carbonyl (C=O) groups is 2. The molecule has 1 N–H and O–H groups in total. The van der Waals surface area contributed by atoms with Crippen LogP contribution < -0.4 is 24.4 Å². The van der Waals surface area contributed by atoms with E-state index in [-0.39, 0.29) is 24.8 Å². The van der Waals surface area contributed by atoms with Crippen molar-refractivity contribution in [2.24, 2.45) is 0 Å². The third-order valence-corrected chi connectivity index (χ3v) is 4.53. The Morgan fingerprint density at radius 1 is 1.14 bits per heavy atom. The van der Waals surface area contributed by atoms with Crippen molar-refractivity contribution in [3.63, 3.8) is 0 Å². The van der Waals surface area contributed by atoms with Crippen LogP contribution in [0.5, 0.6) is 17.2 Å². The van der Waals surface area contributed by atoms with Crippen molar-refractivity contribution in [2.75, 3.05) is 31.0 Å². The van der Waals surface area contributed by atoms with Crippen LogP contribution in [0.2, 0.25) is 0 Å². The smallest absolute Gasteiger partial charge is 0.270 e. The fourth-order valence-corrected chi connectivity index (χ4v) is 3.07. The van der Waals surface area contributed by atoms with E-state index >= 15 is 0 Å². The Hall–Kier alpha value is -3.22. The Labute approximate surface area is 164 Å². The van der Waals surface area contributed by atoms with Gasteiger partial charge in [0.05, 0.1) is 25.6 Å². The molecule has 0 saturated carbocycles. The van der Waals surface area contributed by atoms with Gasteiger partial charge in [-0.25, -0.2) is 0 Å². The number of fused-ring (bicyclic) bond motifs is 1. The van der Waals surface area contributed by atoms with Crippen LogP contribution in [0.3, 0.4) is 0 Å². The van der Waals surface area contributed by atoms with E-state index in [4.69, 9.17) is 14.2 Å². The molecule has 0 aromatic heterocycles. The van der Waals surface area contributed by atoms with Gasteiger partial charge in [0, 0.05) is 19.0 Å². The molecule has 1 aliphatic rings. The first-order chi connectivity index (χ1) is 13.4. The predicted molar refractivity (Wildman–Crippen MR) is 106 cm³/mol. The highest BCUT2D eigenvalue weighted by atomic mass is 16.5. The van der Waals surface area contributed by atoms with Crippen molar-refractivity contribution in [1.29, 1.82) is 0 Å². The molecule has 2 aromatic carbocycles. The highest BCUT2D eigenvalue weighted by molar-refractivity contribution is 6.03. The Bertz CT molecular complexity index is 894. The van der Waals surface area contributed by atoms with E-state index in [1.807, 2.05) is 24.3 Å². The molecule has 0 radical (unpaired) electrons. The Balaban J connectivity index is 1.72. The van der Waals surface area contributed by atoms with Crippen LogP contribution in [0, 0.1) is 0 Å². The molecule has 0 aliphatic carbocycles. The summed E-state index contributed by atoms with van der Waals surface area (Å²) in [5.74, 6) is 1.36. The van der Waals surface area contributed by atoms with Crippen LogP contribution in [0.15, 0.2) is 42.5 Å². The molecule has 1 aliphatic heterocycles. The molecule has 0 bridgehead atoms. The van der Waals surface area contributed by atoms with Gasteiger partial charge in [0.15, 0.2) is 5.60 Å². The first-order valence-electron chi connectivity index (χ1n) is 8.97. The summed E-state index contributed by atoms with van der Waals surface area (Å²) in [6, 6.07) is 12.5. The molecule has 0 spiro atoms. The quantitative estimate of drug-likeness (QED) is 0.827. The lowest BCUT2D eigenvalue weighted by Gasteiger charge is -2.38. The molecule has 7 nitrogen and oxygen atoms in total. The van der Waals surface area contributed by atoms with Gasteiger partial charge in [-0.1, -0.05) is 12.1 Å². The second kappa shape index (κ2) is 7.80. The lowest BCUT2D eigenvalue weighted by Crippen LogP contribution is -2.53. The number of rotatable bonds is 6. The lowest BCUT2D eigenvalue weighted by molar-refractivity contribution is -0.132. The number of nitrogens with one attached hydrogen (secondary N) is 1. The molecule has 0 atom stereocenters. The summed E-state index contributed by atoms with van der Waals surface area (Å²) in [5.41, 5.74) is 0.230. The fourth-order valence-electron chi connectivity index (χ4n) is 3.07. The number of benzene rings is 2. The van der Waals surface area contributed by atoms with E-state index in [1.54, 1.807) is 44.1 Å². The molecule has 28 heavy (non-hydrogen) atoms. The summed E-state index contributed by atoms with van der Waals surface area (Å²) in [7, 11) is 3.08. The molecule has 7 heteroatoms. The van der Waals surface area contributed by atoms with Gasteiger partial charge in [0.2, 0.25) is 5.91 Å². The number of anilines is 2. The molecule has 2 aromatic rings. The molecule has 2 amide bonds. The first kappa shape index (κ1) is 19.5. The number of methoxy groups -OCH3 is 2. The minimum atomic E-state index is -0.982. The maximum Gasteiger partial charge on any atom is 0.270 e. The normalized spacial score (nSPS) is 14.7. The van der Waals surface area contributed by atoms with Crippen LogP contribution in [0.25, 0.3) is 0 Å². The van der Waals surface area contributed by atoms with E-state index in [0.29, 0.717) is 28.6 Å². The zero-order valence-corrected chi connectivity index (χ0v) is 16.4. The Kier molecular flexibility index (Phi) is 5.44. The van der Waals surface area contributed by atoms with E-state index < -0.39 is 5.60 Å². The van der Waals surface area contributed by atoms with Gasteiger partial charge in [-0.3, -0.25) is 9.59 Å². The third-order valence-electron chi connectivity index (χ3n) is 4.53. The summed E-state index contributed by atoms with van der Waals surface area (Å²) in [4.78, 5) is 26.9. The van der Waals surface area contributed by atoms with Crippen molar-refractivity contribution in [3.8, 4) is 17.2 Å². The van der Waals surface area contributed by atoms with Crippen LogP contribution in [-0.4, -0.2) is 38.2 Å². The second-order valence-electron chi connectivity index (χ2n) is 6.90. The van der Waals surface area contributed by atoms with Crippen molar-refractivity contribution in [2.45, 2.75) is 25.9 Å². The topological polar surface area (TPSA) is 77.1 Å². The average molecular weight is 384 g/mol. The largest absolute Gasteiger partial charge is 0.497 e. The molecule has 0 fully saturated rings. The van der Waals surface area contributed by atoms with E-state index in [2.05, 4.69) is 5.32 Å². The summed E-state index contributed by atoms with van der Waals surface area (Å²) in [6.07, 6.45) is 0.130. The number of hydrogen-bond acceptors (Lipinski definition) is 5. The van der Waals surface area contributed by atoms with Crippen molar-refractivity contribution in [1.82, 2.24) is 0 Å². The van der Waals surface area contributed by atoms with Crippen LogP contribution >= 0.6 is 0 Å². The summed E-state index contributed by atoms with van der Waals surface area (Å²) in [5, 5.41) is 2.82. The maximum absolute atomic E-state index is 12.8. The number of ether oxygens (including phenoxy) is 3. The average Bonchev–Trinajstić information content (AvgIpc) is 2.68. The molecule has 0 unspecified atom stereocenters. The van der Waals surface area contributed by atoms with Crippen molar-refractivity contribution < 1.29 is 23.8 Å².